The van der Waals surface area contributed by atoms with Crippen molar-refractivity contribution < 1.29 is 13.2 Å². The van der Waals surface area contributed by atoms with E-state index in [1.54, 1.807) is 18.6 Å². The molecule has 0 bridgehead atoms. The zero-order valence-corrected chi connectivity index (χ0v) is 19.5. The zero-order chi connectivity index (χ0) is 25.2. The van der Waals surface area contributed by atoms with Crippen LogP contribution < -0.4 is 16.0 Å². The molecule has 0 fully saturated rings. The molecular formula is C25H27F3N8. The Kier molecular flexibility index (Phi) is 8.32. The normalized spacial score (nSPS) is 11.3. The van der Waals surface area contributed by atoms with Crippen LogP contribution >= 0.6 is 0 Å². The van der Waals surface area contributed by atoms with Crippen molar-refractivity contribution in [2.45, 2.75) is 32.1 Å². The van der Waals surface area contributed by atoms with Gasteiger partial charge in [-0.2, -0.15) is 28.1 Å². The van der Waals surface area contributed by atoms with Gasteiger partial charge in [-0.15, -0.1) is 0 Å². The maximum atomic E-state index is 13.0. The quantitative estimate of drug-likeness (QED) is 0.241. The van der Waals surface area contributed by atoms with E-state index in [0.717, 1.165) is 31.5 Å². The molecule has 4 rings (SSSR count). The molecule has 0 aliphatic carbocycles. The molecule has 2 heterocycles. The van der Waals surface area contributed by atoms with Crippen molar-refractivity contribution in [3.8, 4) is 0 Å². The summed E-state index contributed by atoms with van der Waals surface area (Å²) in [5.41, 5.74) is 0.958. The third-order valence-electron chi connectivity index (χ3n) is 5.32. The Bertz CT molecular complexity index is 1210. The molecule has 0 unspecified atom stereocenters. The van der Waals surface area contributed by atoms with Gasteiger partial charge in [0.25, 0.3) is 0 Å². The van der Waals surface area contributed by atoms with Gasteiger partial charge in [-0.25, -0.2) is 4.98 Å². The Morgan fingerprint density at radius 3 is 2.17 bits per heavy atom. The van der Waals surface area contributed by atoms with Gasteiger partial charge >= 0.3 is 6.18 Å². The highest BCUT2D eigenvalue weighted by atomic mass is 19.4. The molecule has 2 aromatic carbocycles. The second-order valence-corrected chi connectivity index (χ2v) is 8.10. The average Bonchev–Trinajstić information content (AvgIpc) is 3.39. The first-order chi connectivity index (χ1) is 17.5. The molecule has 3 N–H and O–H groups in total. The monoisotopic (exact) mass is 496 g/mol. The Morgan fingerprint density at radius 1 is 0.778 bits per heavy atom. The van der Waals surface area contributed by atoms with E-state index in [1.165, 1.54) is 11.6 Å². The molecule has 0 saturated heterocycles. The third-order valence-corrected chi connectivity index (χ3v) is 5.32. The van der Waals surface area contributed by atoms with Crippen LogP contribution in [0.5, 0.6) is 0 Å². The summed E-state index contributed by atoms with van der Waals surface area (Å²) in [6, 6.07) is 15.2. The minimum absolute atomic E-state index is 0.136. The van der Waals surface area contributed by atoms with Crippen LogP contribution in [0.2, 0.25) is 0 Å². The fraction of sp³-hybridized carbons (Fsp3) is 0.280. The third kappa shape index (κ3) is 7.69. The number of rotatable bonds is 12. The maximum absolute atomic E-state index is 13.0. The van der Waals surface area contributed by atoms with Crippen molar-refractivity contribution in [3.05, 3.63) is 90.0 Å². The van der Waals surface area contributed by atoms with Crippen LogP contribution in [-0.4, -0.2) is 37.6 Å². The highest BCUT2D eigenvalue weighted by Crippen LogP contribution is 2.29. The minimum atomic E-state index is -4.40. The number of halogens is 3. The largest absolute Gasteiger partial charge is 0.416 e. The SMILES string of the molecule is FC(F)(F)c1cccc(CNc2nc(NCCCn3ccnc3)nc(NCCc3ccccc3)n2)c1. The van der Waals surface area contributed by atoms with Gasteiger partial charge in [-0.05, 0) is 36.1 Å². The lowest BCUT2D eigenvalue weighted by Crippen LogP contribution is -2.15. The van der Waals surface area contributed by atoms with E-state index < -0.39 is 11.7 Å². The summed E-state index contributed by atoms with van der Waals surface area (Å²) >= 11 is 0. The van der Waals surface area contributed by atoms with Crippen LogP contribution in [-0.2, 0) is 25.7 Å². The maximum Gasteiger partial charge on any atom is 0.416 e. The Labute approximate surface area is 207 Å². The van der Waals surface area contributed by atoms with Crippen molar-refractivity contribution in [1.29, 1.82) is 0 Å². The van der Waals surface area contributed by atoms with Gasteiger partial charge < -0.3 is 20.5 Å². The van der Waals surface area contributed by atoms with Gasteiger partial charge in [-0.3, -0.25) is 0 Å². The predicted octanol–water partition coefficient (Wildman–Crippen LogP) is 4.86. The first kappa shape index (κ1) is 25.0. The van der Waals surface area contributed by atoms with Crippen LogP contribution in [0.1, 0.15) is 23.1 Å². The van der Waals surface area contributed by atoms with Crippen molar-refractivity contribution in [2.24, 2.45) is 0 Å². The molecule has 188 valence electrons. The number of benzene rings is 2. The van der Waals surface area contributed by atoms with Gasteiger partial charge in [-0.1, -0.05) is 42.5 Å². The van der Waals surface area contributed by atoms with E-state index in [9.17, 15) is 13.2 Å². The fourth-order valence-corrected chi connectivity index (χ4v) is 3.50. The summed E-state index contributed by atoms with van der Waals surface area (Å²) in [6.45, 7) is 2.16. The summed E-state index contributed by atoms with van der Waals surface area (Å²) in [5.74, 6) is 1.02. The summed E-state index contributed by atoms with van der Waals surface area (Å²) < 4.78 is 41.1. The molecule has 0 aliphatic rings. The van der Waals surface area contributed by atoms with Crippen molar-refractivity contribution in [3.63, 3.8) is 0 Å². The number of aromatic nitrogens is 5. The van der Waals surface area contributed by atoms with Crippen LogP contribution in [0, 0.1) is 0 Å². The molecule has 0 aliphatic heterocycles. The van der Waals surface area contributed by atoms with Crippen molar-refractivity contribution in [2.75, 3.05) is 29.0 Å². The molecule has 4 aromatic rings. The first-order valence-corrected chi connectivity index (χ1v) is 11.6. The summed E-state index contributed by atoms with van der Waals surface area (Å²) in [7, 11) is 0. The van der Waals surface area contributed by atoms with E-state index in [0.29, 0.717) is 30.5 Å². The number of imidazole rings is 1. The smallest absolute Gasteiger partial charge is 0.354 e. The molecule has 0 radical (unpaired) electrons. The summed E-state index contributed by atoms with van der Waals surface area (Å²) in [6.07, 6.45) is 2.60. The Balaban J connectivity index is 1.40. The lowest BCUT2D eigenvalue weighted by Gasteiger charge is -2.12. The van der Waals surface area contributed by atoms with Gasteiger partial charge in [0.15, 0.2) is 0 Å². The van der Waals surface area contributed by atoms with E-state index >= 15 is 0 Å². The molecular weight excluding hydrogens is 469 g/mol. The second-order valence-electron chi connectivity index (χ2n) is 8.10. The summed E-state index contributed by atoms with van der Waals surface area (Å²) in [5, 5.41) is 9.43. The van der Waals surface area contributed by atoms with Crippen LogP contribution in [0.3, 0.4) is 0 Å². The van der Waals surface area contributed by atoms with Gasteiger partial charge in [0, 0.05) is 38.6 Å². The van der Waals surface area contributed by atoms with E-state index in [4.69, 9.17) is 0 Å². The number of hydrogen-bond acceptors (Lipinski definition) is 7. The molecule has 0 spiro atoms. The number of alkyl halides is 3. The average molecular weight is 497 g/mol. The summed E-state index contributed by atoms with van der Waals surface area (Å²) in [4.78, 5) is 17.3. The molecule has 8 nitrogen and oxygen atoms in total. The lowest BCUT2D eigenvalue weighted by molar-refractivity contribution is -0.137. The zero-order valence-electron chi connectivity index (χ0n) is 19.5. The predicted molar refractivity (Wildman–Crippen MR) is 133 cm³/mol. The molecule has 11 heteroatoms. The Morgan fingerprint density at radius 2 is 1.47 bits per heavy atom. The van der Waals surface area contributed by atoms with Crippen LogP contribution in [0.4, 0.5) is 31.0 Å². The standard InChI is InChI=1S/C25H27F3N8/c26-25(27,28)21-9-4-8-20(16-21)17-32-24-34-22(30-11-5-14-36-15-13-29-18-36)33-23(35-24)31-12-10-19-6-2-1-3-7-19/h1-4,6-9,13,15-16,18H,5,10-12,14,17H2,(H3,30,31,32,33,34,35). The van der Waals surface area contributed by atoms with E-state index in [1.807, 2.05) is 41.1 Å². The van der Waals surface area contributed by atoms with Gasteiger partial charge in [0.05, 0.1) is 11.9 Å². The van der Waals surface area contributed by atoms with Crippen LogP contribution in [0.15, 0.2) is 73.3 Å². The Hall–Kier alpha value is -4.15. The van der Waals surface area contributed by atoms with Gasteiger partial charge in [0.1, 0.15) is 0 Å². The molecule has 0 amide bonds. The number of hydrogen-bond donors (Lipinski definition) is 3. The highest BCUT2D eigenvalue weighted by Gasteiger charge is 2.30. The lowest BCUT2D eigenvalue weighted by atomic mass is 10.1. The molecule has 36 heavy (non-hydrogen) atoms. The topological polar surface area (TPSA) is 92.6 Å². The molecule has 0 saturated carbocycles. The highest BCUT2D eigenvalue weighted by molar-refractivity contribution is 5.43. The van der Waals surface area contributed by atoms with E-state index in [2.05, 4.69) is 35.9 Å². The first-order valence-electron chi connectivity index (χ1n) is 11.6. The number of nitrogens with zero attached hydrogens (tertiary/aromatic N) is 5. The number of aryl methyl sites for hydroxylation is 1. The fourth-order valence-electron chi connectivity index (χ4n) is 3.50. The van der Waals surface area contributed by atoms with Crippen LogP contribution in [0.25, 0.3) is 0 Å². The van der Waals surface area contributed by atoms with E-state index in [-0.39, 0.29) is 12.5 Å². The minimum Gasteiger partial charge on any atom is -0.354 e. The number of anilines is 3. The molecule has 2 aromatic heterocycles. The number of nitrogens with one attached hydrogen (secondary N) is 3. The second kappa shape index (κ2) is 12.0. The van der Waals surface area contributed by atoms with Crippen molar-refractivity contribution >= 4 is 17.8 Å². The van der Waals surface area contributed by atoms with Crippen molar-refractivity contribution in [1.82, 2.24) is 24.5 Å². The molecule has 0 atom stereocenters. The van der Waals surface area contributed by atoms with Gasteiger partial charge in [0.2, 0.25) is 17.8 Å².